The lowest BCUT2D eigenvalue weighted by atomic mass is 10.1. The van der Waals surface area contributed by atoms with E-state index in [2.05, 4.69) is 10.2 Å². The first-order valence-corrected chi connectivity index (χ1v) is 13.2. The number of hydrogen-bond donors (Lipinski definition) is 2. The molecular weight excluding hydrogens is 618 g/mol. The zero-order chi connectivity index (χ0) is 29.1. The Morgan fingerprint density at radius 1 is 0.953 bits per heavy atom. The highest BCUT2D eigenvalue weighted by molar-refractivity contribution is 5.85. The van der Waals surface area contributed by atoms with Crippen molar-refractivity contribution in [3.8, 4) is 11.5 Å². The number of rotatable bonds is 12. The molecule has 0 bridgehead atoms. The summed E-state index contributed by atoms with van der Waals surface area (Å²) in [5.41, 5.74) is 0.867. The normalized spacial score (nSPS) is 19.9. The largest absolute Gasteiger partial charge is 0.492 e. The second-order valence-corrected chi connectivity index (χ2v) is 10.4. The van der Waals surface area contributed by atoms with Crippen molar-refractivity contribution in [3.63, 3.8) is 0 Å². The first-order chi connectivity index (χ1) is 19.6. The fourth-order valence-corrected chi connectivity index (χ4v) is 5.33. The van der Waals surface area contributed by atoms with Gasteiger partial charge in [-0.25, -0.2) is 13.6 Å². The number of fused-ring (bicyclic) bond motifs is 1. The highest BCUT2D eigenvalue weighted by atomic mass is 35.5. The lowest BCUT2D eigenvalue weighted by Crippen LogP contribution is -2.33. The number of nitrogens with one attached hydrogen (secondary N) is 1. The van der Waals surface area contributed by atoms with E-state index in [1.54, 1.807) is 36.4 Å². The van der Waals surface area contributed by atoms with Gasteiger partial charge in [0.2, 0.25) is 0 Å². The second-order valence-electron chi connectivity index (χ2n) is 10.4. The number of ether oxygens (including phenoxy) is 2. The summed E-state index contributed by atoms with van der Waals surface area (Å²) in [6, 6.07) is 15.2. The van der Waals surface area contributed by atoms with Crippen molar-refractivity contribution < 1.29 is 41.3 Å². The van der Waals surface area contributed by atoms with Crippen LogP contribution in [0.1, 0.15) is 16.7 Å². The van der Waals surface area contributed by atoms with Crippen molar-refractivity contribution in [3.05, 3.63) is 95.1 Å². The van der Waals surface area contributed by atoms with Crippen LogP contribution in [0.3, 0.4) is 0 Å². The molecule has 43 heavy (non-hydrogen) atoms. The van der Waals surface area contributed by atoms with E-state index >= 15 is 0 Å². The summed E-state index contributed by atoms with van der Waals surface area (Å²) in [4.78, 5) is 13.9. The predicted octanol–water partition coefficient (Wildman–Crippen LogP) is 6.00. The summed E-state index contributed by atoms with van der Waals surface area (Å²) in [6.45, 7) is 3.52. The van der Waals surface area contributed by atoms with Crippen LogP contribution in [-0.2, 0) is 23.9 Å². The molecule has 2 fully saturated rings. The Labute approximate surface area is 258 Å². The Kier molecular flexibility index (Phi) is 11.6. The molecule has 0 spiro atoms. The Balaban J connectivity index is 0.00000253. The van der Waals surface area contributed by atoms with E-state index in [9.17, 15) is 31.9 Å². The number of carbonyl (C=O) groups is 1. The van der Waals surface area contributed by atoms with Gasteiger partial charge in [-0.2, -0.15) is 13.2 Å². The molecule has 1 saturated carbocycles. The molecule has 6 nitrogen and oxygen atoms in total. The topological polar surface area (TPSA) is 71.0 Å². The maximum absolute atomic E-state index is 13.9. The van der Waals surface area contributed by atoms with E-state index in [-0.39, 0.29) is 31.2 Å². The molecule has 3 aromatic rings. The van der Waals surface area contributed by atoms with Crippen molar-refractivity contribution in [2.24, 2.45) is 11.8 Å². The molecule has 234 valence electrons. The Bertz CT molecular complexity index is 1350. The van der Waals surface area contributed by atoms with Gasteiger partial charge in [0.25, 0.3) is 0 Å². The minimum absolute atomic E-state index is 0. The van der Waals surface area contributed by atoms with Crippen molar-refractivity contribution in [1.29, 1.82) is 0 Å². The van der Waals surface area contributed by atoms with Crippen molar-refractivity contribution in [2.75, 3.05) is 26.2 Å². The van der Waals surface area contributed by atoms with E-state index in [1.807, 2.05) is 0 Å². The average Bonchev–Trinajstić information content (AvgIpc) is 3.38. The molecule has 5 rings (SSSR count). The molecule has 1 aliphatic heterocycles. The van der Waals surface area contributed by atoms with E-state index < -0.39 is 41.2 Å². The number of benzene rings is 3. The standard InChI is InChI=1S/C30H29F5N2O4.2ClH/c31-21-7-10-25(32)26(14-21)41-27(29(38)39)13-18-3-8-22(9-4-18)40-12-11-36-28-23-16-37(17-24(23)28)15-19-1-5-20(6-2-19)30(33,34)35;;/h1-10,14,23-24,27-28,36H,11-13,15-17H2,(H,38,39);2*1H/t23-,24?,27-,28+;;/m0../s1. The van der Waals surface area contributed by atoms with Gasteiger partial charge in [-0.1, -0.05) is 24.3 Å². The first-order valence-electron chi connectivity index (χ1n) is 13.2. The molecule has 2 aliphatic rings. The highest BCUT2D eigenvalue weighted by Gasteiger charge is 2.55. The SMILES string of the molecule is Cl.Cl.O=C(O)[C@H](Cc1ccc(OCCN[C@H]2C3CN(Cc4ccc(C(F)(F)F)cc4)C[C@@H]32)cc1)Oc1cc(F)ccc1F. The molecule has 2 N–H and O–H groups in total. The quantitative estimate of drug-likeness (QED) is 0.185. The Morgan fingerprint density at radius 3 is 2.19 bits per heavy atom. The monoisotopic (exact) mass is 648 g/mol. The molecule has 0 aromatic heterocycles. The lowest BCUT2D eigenvalue weighted by Gasteiger charge is -2.20. The summed E-state index contributed by atoms with van der Waals surface area (Å²) in [5, 5.41) is 13.0. The number of aliphatic carboxylic acids is 1. The smallest absolute Gasteiger partial charge is 0.416 e. The summed E-state index contributed by atoms with van der Waals surface area (Å²) in [7, 11) is 0. The fourth-order valence-electron chi connectivity index (χ4n) is 5.33. The summed E-state index contributed by atoms with van der Waals surface area (Å²) >= 11 is 0. The number of nitrogens with zero attached hydrogens (tertiary/aromatic N) is 1. The molecule has 1 heterocycles. The van der Waals surface area contributed by atoms with Crippen LogP contribution in [-0.4, -0.2) is 54.4 Å². The minimum atomic E-state index is -4.32. The number of likely N-dealkylation sites (tertiary alicyclic amines) is 1. The zero-order valence-corrected chi connectivity index (χ0v) is 24.4. The van der Waals surface area contributed by atoms with Crippen LogP contribution in [0.15, 0.2) is 66.7 Å². The molecule has 1 saturated heterocycles. The maximum atomic E-state index is 13.9. The van der Waals surface area contributed by atoms with Gasteiger partial charge in [-0.05, 0) is 59.4 Å². The van der Waals surface area contributed by atoms with Crippen LogP contribution in [0.5, 0.6) is 11.5 Å². The van der Waals surface area contributed by atoms with Gasteiger partial charge in [-0.15, -0.1) is 24.8 Å². The number of alkyl halides is 3. The van der Waals surface area contributed by atoms with Crippen molar-refractivity contribution in [1.82, 2.24) is 10.2 Å². The van der Waals surface area contributed by atoms with Crippen LogP contribution in [0.25, 0.3) is 0 Å². The third-order valence-electron chi connectivity index (χ3n) is 7.49. The van der Waals surface area contributed by atoms with E-state index in [1.165, 1.54) is 0 Å². The van der Waals surface area contributed by atoms with Gasteiger partial charge in [0.05, 0.1) is 5.56 Å². The third kappa shape index (κ3) is 8.95. The van der Waals surface area contributed by atoms with Gasteiger partial charge >= 0.3 is 12.1 Å². The Hall–Kier alpha value is -3.12. The summed E-state index contributed by atoms with van der Waals surface area (Å²) in [5.74, 6) is -1.68. The second kappa shape index (κ2) is 14.6. The number of piperidine rings is 1. The van der Waals surface area contributed by atoms with Crippen LogP contribution < -0.4 is 14.8 Å². The molecule has 0 amide bonds. The van der Waals surface area contributed by atoms with Crippen LogP contribution in [0.4, 0.5) is 22.0 Å². The van der Waals surface area contributed by atoms with E-state index in [4.69, 9.17) is 9.47 Å². The number of halogens is 7. The molecular formula is C30H31Cl2F5N2O4. The minimum Gasteiger partial charge on any atom is -0.492 e. The molecule has 0 radical (unpaired) electrons. The molecule has 1 unspecified atom stereocenters. The maximum Gasteiger partial charge on any atom is 0.416 e. The summed E-state index contributed by atoms with van der Waals surface area (Å²) < 4.78 is 76.5. The number of carboxylic acids is 1. The van der Waals surface area contributed by atoms with Gasteiger partial charge in [-0.3, -0.25) is 4.90 Å². The van der Waals surface area contributed by atoms with Crippen LogP contribution >= 0.6 is 24.8 Å². The molecule has 13 heteroatoms. The van der Waals surface area contributed by atoms with Crippen LogP contribution in [0.2, 0.25) is 0 Å². The molecule has 3 aromatic carbocycles. The van der Waals surface area contributed by atoms with E-state index in [0.29, 0.717) is 48.9 Å². The van der Waals surface area contributed by atoms with E-state index in [0.717, 1.165) is 49.0 Å². The summed E-state index contributed by atoms with van der Waals surface area (Å²) in [6.07, 6.45) is -5.77. The average molecular weight is 649 g/mol. The van der Waals surface area contributed by atoms with Crippen molar-refractivity contribution in [2.45, 2.75) is 31.3 Å². The first kappa shape index (κ1) is 34.4. The number of carboxylic acid groups (broad SMARTS) is 1. The third-order valence-corrected chi connectivity index (χ3v) is 7.49. The van der Waals surface area contributed by atoms with Gasteiger partial charge in [0.1, 0.15) is 18.2 Å². The Morgan fingerprint density at radius 2 is 1.58 bits per heavy atom. The van der Waals surface area contributed by atoms with Crippen molar-refractivity contribution >= 4 is 30.8 Å². The van der Waals surface area contributed by atoms with Gasteiger partial charge in [0, 0.05) is 44.7 Å². The molecule has 4 atom stereocenters. The molecule has 1 aliphatic carbocycles. The lowest BCUT2D eigenvalue weighted by molar-refractivity contribution is -0.145. The number of hydrogen-bond acceptors (Lipinski definition) is 5. The fraction of sp³-hybridized carbons (Fsp3) is 0.367. The van der Waals surface area contributed by atoms with Gasteiger partial charge < -0.3 is 19.9 Å². The predicted molar refractivity (Wildman–Crippen MR) is 154 cm³/mol. The van der Waals surface area contributed by atoms with Gasteiger partial charge in [0.15, 0.2) is 17.7 Å². The highest BCUT2D eigenvalue weighted by Crippen LogP contribution is 2.45. The van der Waals surface area contributed by atoms with Crippen LogP contribution in [0, 0.1) is 23.5 Å². The zero-order valence-electron chi connectivity index (χ0n) is 22.7.